The van der Waals surface area contributed by atoms with E-state index in [2.05, 4.69) is 14.9 Å². The predicted molar refractivity (Wildman–Crippen MR) is 49.6 cm³/mol. The Bertz CT molecular complexity index is 381. The van der Waals surface area contributed by atoms with Gasteiger partial charge in [-0.15, -0.1) is 0 Å². The van der Waals surface area contributed by atoms with Gasteiger partial charge in [0.05, 0.1) is 0 Å². The van der Waals surface area contributed by atoms with Crippen LogP contribution in [0.3, 0.4) is 0 Å². The fraction of sp³-hybridized carbons (Fsp3) is 0.500. The standard InChI is InChI=1S/C6H12N4O2S/c1-5-4-6(8-7-5)9-13(11,12)10(2)3/h4H,1-3H3,(H2,7,8,9). The molecule has 1 heterocycles. The van der Waals surface area contributed by atoms with Crippen LogP contribution in [-0.2, 0) is 10.2 Å². The minimum Gasteiger partial charge on any atom is -0.281 e. The highest BCUT2D eigenvalue weighted by Gasteiger charge is 2.13. The van der Waals surface area contributed by atoms with Crippen LogP contribution in [0.25, 0.3) is 0 Å². The number of aromatic amines is 1. The van der Waals surface area contributed by atoms with Crippen molar-refractivity contribution in [1.82, 2.24) is 14.5 Å². The van der Waals surface area contributed by atoms with Crippen LogP contribution >= 0.6 is 0 Å². The molecule has 0 atom stereocenters. The first kappa shape index (κ1) is 10.0. The summed E-state index contributed by atoms with van der Waals surface area (Å²) >= 11 is 0. The fourth-order valence-electron chi connectivity index (χ4n) is 0.694. The average Bonchev–Trinajstić information content (AvgIpc) is 2.34. The second-order valence-corrected chi connectivity index (χ2v) is 4.71. The van der Waals surface area contributed by atoms with Gasteiger partial charge in [-0.25, -0.2) is 0 Å². The highest BCUT2D eigenvalue weighted by molar-refractivity contribution is 7.90. The summed E-state index contributed by atoms with van der Waals surface area (Å²) in [5.74, 6) is 0.297. The number of anilines is 1. The van der Waals surface area contributed by atoms with Gasteiger partial charge >= 0.3 is 10.2 Å². The molecule has 0 spiro atoms. The summed E-state index contributed by atoms with van der Waals surface area (Å²) in [5, 5.41) is 6.38. The van der Waals surface area contributed by atoms with Gasteiger partial charge in [0, 0.05) is 25.9 Å². The third-order valence-corrected chi connectivity index (χ3v) is 2.85. The Labute approximate surface area is 77.1 Å². The van der Waals surface area contributed by atoms with Crippen LogP contribution < -0.4 is 4.72 Å². The molecule has 6 nitrogen and oxygen atoms in total. The van der Waals surface area contributed by atoms with Crippen LogP contribution in [0.5, 0.6) is 0 Å². The molecular weight excluding hydrogens is 192 g/mol. The van der Waals surface area contributed by atoms with E-state index < -0.39 is 10.2 Å². The molecule has 2 N–H and O–H groups in total. The summed E-state index contributed by atoms with van der Waals surface area (Å²) in [4.78, 5) is 0. The van der Waals surface area contributed by atoms with E-state index >= 15 is 0 Å². The van der Waals surface area contributed by atoms with Crippen molar-refractivity contribution in [3.8, 4) is 0 Å². The molecule has 0 amide bonds. The van der Waals surface area contributed by atoms with Gasteiger partial charge < -0.3 is 0 Å². The maximum atomic E-state index is 11.3. The second-order valence-electron chi connectivity index (χ2n) is 2.83. The van der Waals surface area contributed by atoms with Crippen molar-refractivity contribution >= 4 is 16.0 Å². The smallest absolute Gasteiger partial charge is 0.281 e. The highest BCUT2D eigenvalue weighted by atomic mass is 32.2. The number of aromatic nitrogens is 2. The third-order valence-electron chi connectivity index (χ3n) is 1.42. The van der Waals surface area contributed by atoms with Gasteiger partial charge in [0.25, 0.3) is 0 Å². The minimum absolute atomic E-state index is 0.297. The van der Waals surface area contributed by atoms with Crippen molar-refractivity contribution in [2.75, 3.05) is 18.8 Å². The molecule has 0 aromatic carbocycles. The van der Waals surface area contributed by atoms with Crippen molar-refractivity contribution in [1.29, 1.82) is 0 Å². The molecule has 0 saturated carbocycles. The zero-order valence-electron chi connectivity index (χ0n) is 7.70. The maximum absolute atomic E-state index is 11.3. The van der Waals surface area contributed by atoms with E-state index in [9.17, 15) is 8.42 Å². The van der Waals surface area contributed by atoms with Crippen molar-refractivity contribution in [2.24, 2.45) is 0 Å². The van der Waals surface area contributed by atoms with E-state index in [1.54, 1.807) is 13.0 Å². The number of nitrogens with zero attached hydrogens (tertiary/aromatic N) is 2. The summed E-state index contributed by atoms with van der Waals surface area (Å²) in [7, 11) is -0.545. The number of rotatable bonds is 3. The molecule has 0 radical (unpaired) electrons. The molecule has 1 aromatic rings. The van der Waals surface area contributed by atoms with E-state index in [-0.39, 0.29) is 0 Å². The molecule has 74 valence electrons. The fourth-order valence-corrected chi connectivity index (χ4v) is 1.25. The summed E-state index contributed by atoms with van der Waals surface area (Å²) in [6, 6.07) is 1.61. The van der Waals surface area contributed by atoms with Crippen LogP contribution in [0.1, 0.15) is 5.69 Å². The van der Waals surface area contributed by atoms with E-state index in [0.717, 1.165) is 10.00 Å². The minimum atomic E-state index is -3.44. The summed E-state index contributed by atoms with van der Waals surface area (Å²) in [6.45, 7) is 1.79. The Morgan fingerprint density at radius 3 is 2.54 bits per heavy atom. The van der Waals surface area contributed by atoms with Crippen LogP contribution in [0.4, 0.5) is 5.82 Å². The van der Waals surface area contributed by atoms with Crippen LogP contribution in [0, 0.1) is 6.92 Å². The number of hydrogen-bond donors (Lipinski definition) is 2. The van der Waals surface area contributed by atoms with Gasteiger partial charge in [-0.05, 0) is 6.92 Å². The first-order chi connectivity index (χ1) is 5.92. The molecule has 1 aromatic heterocycles. The molecule has 0 aliphatic rings. The van der Waals surface area contributed by atoms with Gasteiger partial charge in [0.2, 0.25) is 0 Å². The summed E-state index contributed by atoms with van der Waals surface area (Å²) in [5.41, 5.74) is 0.802. The lowest BCUT2D eigenvalue weighted by atomic mass is 10.5. The highest BCUT2D eigenvalue weighted by Crippen LogP contribution is 2.07. The Morgan fingerprint density at radius 1 is 1.54 bits per heavy atom. The number of H-pyrrole nitrogens is 1. The van der Waals surface area contributed by atoms with Crippen LogP contribution in [0.15, 0.2) is 6.07 Å². The second kappa shape index (κ2) is 3.35. The van der Waals surface area contributed by atoms with Crippen molar-refractivity contribution in [3.05, 3.63) is 11.8 Å². The molecule has 0 saturated heterocycles. The summed E-state index contributed by atoms with van der Waals surface area (Å²) in [6.07, 6.45) is 0. The SMILES string of the molecule is Cc1cc(NS(=O)(=O)N(C)C)n[nH]1. The lowest BCUT2D eigenvalue weighted by Gasteiger charge is -2.10. The van der Waals surface area contributed by atoms with E-state index in [1.165, 1.54) is 14.1 Å². The first-order valence-corrected chi connectivity index (χ1v) is 5.08. The molecular formula is C6H12N4O2S. The molecule has 0 fully saturated rings. The Balaban J connectivity index is 2.81. The lowest BCUT2D eigenvalue weighted by Crippen LogP contribution is -2.29. The Hall–Kier alpha value is -1.08. The monoisotopic (exact) mass is 204 g/mol. The Kier molecular flexibility index (Phi) is 2.58. The number of hydrogen-bond acceptors (Lipinski definition) is 3. The molecule has 1 rings (SSSR count). The number of aryl methyl sites for hydroxylation is 1. The van der Waals surface area contributed by atoms with Crippen molar-refractivity contribution < 1.29 is 8.42 Å². The predicted octanol–water partition coefficient (Wildman–Crippen LogP) is -0.0636. The topological polar surface area (TPSA) is 78.1 Å². The molecule has 0 unspecified atom stereocenters. The van der Waals surface area contributed by atoms with Gasteiger partial charge in [0.1, 0.15) is 0 Å². The molecule has 0 aliphatic heterocycles. The van der Waals surface area contributed by atoms with E-state index in [4.69, 9.17) is 0 Å². The van der Waals surface area contributed by atoms with Crippen molar-refractivity contribution in [2.45, 2.75) is 6.92 Å². The van der Waals surface area contributed by atoms with Crippen LogP contribution in [0.2, 0.25) is 0 Å². The average molecular weight is 204 g/mol. The van der Waals surface area contributed by atoms with Crippen LogP contribution in [-0.4, -0.2) is 37.0 Å². The lowest BCUT2D eigenvalue weighted by molar-refractivity contribution is 0.526. The van der Waals surface area contributed by atoms with E-state index in [0.29, 0.717) is 5.82 Å². The quantitative estimate of drug-likeness (QED) is 0.723. The zero-order chi connectivity index (χ0) is 10.1. The third kappa shape index (κ3) is 2.43. The van der Waals surface area contributed by atoms with Gasteiger partial charge in [-0.2, -0.15) is 17.8 Å². The number of nitrogens with one attached hydrogen (secondary N) is 2. The maximum Gasteiger partial charge on any atom is 0.302 e. The molecule has 13 heavy (non-hydrogen) atoms. The van der Waals surface area contributed by atoms with E-state index in [1.807, 2.05) is 0 Å². The van der Waals surface area contributed by atoms with Gasteiger partial charge in [-0.3, -0.25) is 9.82 Å². The van der Waals surface area contributed by atoms with Gasteiger partial charge in [0.15, 0.2) is 5.82 Å². The Morgan fingerprint density at radius 2 is 2.15 bits per heavy atom. The van der Waals surface area contributed by atoms with Crippen molar-refractivity contribution in [3.63, 3.8) is 0 Å². The first-order valence-electron chi connectivity index (χ1n) is 3.64. The molecule has 0 aliphatic carbocycles. The molecule has 7 heteroatoms. The normalized spacial score (nSPS) is 12.0. The summed E-state index contributed by atoms with van der Waals surface area (Å²) < 4.78 is 25.9. The largest absolute Gasteiger partial charge is 0.302 e. The molecule has 0 bridgehead atoms. The van der Waals surface area contributed by atoms with Gasteiger partial charge in [-0.1, -0.05) is 0 Å². The zero-order valence-corrected chi connectivity index (χ0v) is 8.51.